The van der Waals surface area contributed by atoms with E-state index in [1.165, 1.54) is 0 Å². The van der Waals surface area contributed by atoms with Crippen molar-refractivity contribution >= 4 is 23.8 Å². The molecule has 1 aromatic rings. The maximum absolute atomic E-state index is 10.8. The molecule has 0 fully saturated rings. The van der Waals surface area contributed by atoms with Gasteiger partial charge >= 0.3 is 11.9 Å². The van der Waals surface area contributed by atoms with E-state index in [1.807, 2.05) is 20.8 Å². The molecule has 0 radical (unpaired) electrons. The van der Waals surface area contributed by atoms with E-state index in [9.17, 15) is 19.2 Å². The first-order chi connectivity index (χ1) is 12.5. The molecular formula is C19H23NO7. The van der Waals surface area contributed by atoms with Crippen LogP contribution in [0.2, 0.25) is 0 Å². The van der Waals surface area contributed by atoms with E-state index in [2.05, 4.69) is 0 Å². The minimum Gasteiger partial charge on any atom is -0.481 e. The summed E-state index contributed by atoms with van der Waals surface area (Å²) >= 11 is 0. The Bertz CT molecular complexity index is 711. The predicted molar refractivity (Wildman–Crippen MR) is 96.1 cm³/mol. The molecular weight excluding hydrogens is 354 g/mol. The average molecular weight is 377 g/mol. The minimum atomic E-state index is -1.03. The number of carboxylic acids is 2. The van der Waals surface area contributed by atoms with Gasteiger partial charge in [-0.05, 0) is 38.5 Å². The van der Waals surface area contributed by atoms with Gasteiger partial charge in [-0.25, -0.2) is 4.79 Å². The summed E-state index contributed by atoms with van der Waals surface area (Å²) in [6.07, 6.45) is 2.05. The molecule has 0 aliphatic carbocycles. The monoisotopic (exact) mass is 377 g/mol. The van der Waals surface area contributed by atoms with Crippen molar-refractivity contribution in [1.82, 2.24) is 4.90 Å². The zero-order valence-electron chi connectivity index (χ0n) is 15.5. The van der Waals surface area contributed by atoms with Crippen molar-refractivity contribution < 1.29 is 34.1 Å². The van der Waals surface area contributed by atoms with Gasteiger partial charge in [0.2, 0.25) is 0 Å². The van der Waals surface area contributed by atoms with Crippen LogP contribution in [-0.2, 0) is 25.7 Å². The molecule has 2 rings (SSSR count). The molecule has 2 N–H and O–H groups in total. The molecule has 0 saturated heterocycles. The van der Waals surface area contributed by atoms with Gasteiger partial charge in [0.15, 0.2) is 0 Å². The molecule has 8 heteroatoms. The number of hydrogen-bond acceptors (Lipinski definition) is 5. The molecule has 27 heavy (non-hydrogen) atoms. The maximum Gasteiger partial charge on any atom is 0.335 e. The van der Waals surface area contributed by atoms with Crippen molar-refractivity contribution in [3.63, 3.8) is 0 Å². The third-order valence-electron chi connectivity index (χ3n) is 3.32. The highest BCUT2D eigenvalue weighted by atomic mass is 16.5. The number of nitrogens with zero attached hydrogens (tertiary/aromatic N) is 1. The Balaban J connectivity index is 0.000000277. The number of carbonyl (C=O) groups is 4. The largest absolute Gasteiger partial charge is 0.481 e. The summed E-state index contributed by atoms with van der Waals surface area (Å²) in [7, 11) is 0. The summed E-state index contributed by atoms with van der Waals surface area (Å²) < 4.78 is 5.57. The van der Waals surface area contributed by atoms with Crippen molar-refractivity contribution in [3.05, 3.63) is 47.5 Å². The standard InChI is InChI=1S/C12H16O3.C7H7NO4/c1-12(2,3)15-8-9-4-6-10(7-5-9)11(13)14;9-5-1-2-6(10)8(5)4-3-7(11)12/h4-7H,8H2,1-3H3,(H,13,14);1-2H,3-4H2,(H,11,12). The minimum absolute atomic E-state index is 0.0556. The molecule has 8 nitrogen and oxygen atoms in total. The molecule has 0 bridgehead atoms. The van der Waals surface area contributed by atoms with E-state index in [0.29, 0.717) is 12.2 Å². The van der Waals surface area contributed by atoms with Gasteiger partial charge in [-0.3, -0.25) is 19.3 Å². The number of ether oxygens (including phenoxy) is 1. The molecule has 0 atom stereocenters. The predicted octanol–water partition coefficient (Wildman–Crippen LogP) is 2.09. The quantitative estimate of drug-likeness (QED) is 0.728. The van der Waals surface area contributed by atoms with Crippen LogP contribution in [0, 0.1) is 0 Å². The number of aromatic carboxylic acids is 1. The van der Waals surface area contributed by atoms with E-state index in [4.69, 9.17) is 14.9 Å². The highest BCUT2D eigenvalue weighted by Gasteiger charge is 2.23. The SMILES string of the molecule is CC(C)(C)OCc1ccc(C(=O)O)cc1.O=C(O)CCN1C(=O)C=CC1=O. The summed E-state index contributed by atoms with van der Waals surface area (Å²) in [5.41, 5.74) is 1.11. The highest BCUT2D eigenvalue weighted by Crippen LogP contribution is 2.12. The molecule has 0 unspecified atom stereocenters. The lowest BCUT2D eigenvalue weighted by Gasteiger charge is -2.19. The Morgan fingerprint density at radius 2 is 1.52 bits per heavy atom. The zero-order valence-corrected chi connectivity index (χ0v) is 15.5. The summed E-state index contributed by atoms with van der Waals surface area (Å²) in [6.45, 7) is 6.40. The van der Waals surface area contributed by atoms with Gasteiger partial charge in [0.25, 0.3) is 11.8 Å². The number of carbonyl (C=O) groups excluding carboxylic acids is 2. The van der Waals surface area contributed by atoms with Gasteiger partial charge in [-0.15, -0.1) is 0 Å². The smallest absolute Gasteiger partial charge is 0.335 e. The first-order valence-electron chi connectivity index (χ1n) is 8.21. The lowest BCUT2D eigenvalue weighted by molar-refractivity contribution is -0.140. The molecule has 0 aromatic heterocycles. The third kappa shape index (κ3) is 8.28. The van der Waals surface area contributed by atoms with E-state index in [0.717, 1.165) is 22.6 Å². The third-order valence-corrected chi connectivity index (χ3v) is 3.32. The first-order valence-corrected chi connectivity index (χ1v) is 8.21. The van der Waals surface area contributed by atoms with Crippen LogP contribution in [0.25, 0.3) is 0 Å². The number of benzene rings is 1. The van der Waals surface area contributed by atoms with Crippen LogP contribution in [0.1, 0.15) is 43.1 Å². The van der Waals surface area contributed by atoms with Crippen LogP contribution in [-0.4, -0.2) is 51.0 Å². The van der Waals surface area contributed by atoms with Gasteiger partial charge in [0, 0.05) is 18.7 Å². The number of carboxylic acid groups (broad SMARTS) is 2. The Hall–Kier alpha value is -3.00. The Morgan fingerprint density at radius 1 is 1.00 bits per heavy atom. The summed E-state index contributed by atoms with van der Waals surface area (Å²) in [5.74, 6) is -2.82. The Morgan fingerprint density at radius 3 is 1.93 bits per heavy atom. The van der Waals surface area contributed by atoms with Crippen LogP contribution >= 0.6 is 0 Å². The van der Waals surface area contributed by atoms with E-state index < -0.39 is 23.8 Å². The second-order valence-electron chi connectivity index (χ2n) is 6.71. The molecule has 1 aliphatic rings. The van der Waals surface area contributed by atoms with Crippen LogP contribution in [0.4, 0.5) is 0 Å². The fourth-order valence-electron chi connectivity index (χ4n) is 1.90. The second kappa shape index (κ2) is 9.63. The van der Waals surface area contributed by atoms with Crippen molar-refractivity contribution in [2.75, 3.05) is 6.54 Å². The van der Waals surface area contributed by atoms with E-state index in [1.54, 1.807) is 24.3 Å². The summed E-state index contributed by atoms with van der Waals surface area (Å²) in [4.78, 5) is 43.2. The number of rotatable bonds is 6. The Kier molecular flexibility index (Phi) is 7.86. The molecule has 1 aromatic carbocycles. The highest BCUT2D eigenvalue weighted by molar-refractivity contribution is 6.12. The molecule has 0 saturated carbocycles. The lowest BCUT2D eigenvalue weighted by atomic mass is 10.1. The fourth-order valence-corrected chi connectivity index (χ4v) is 1.90. The first kappa shape index (κ1) is 22.0. The van der Waals surface area contributed by atoms with E-state index in [-0.39, 0.29) is 18.6 Å². The zero-order chi connectivity index (χ0) is 20.6. The molecule has 0 spiro atoms. The fraction of sp³-hybridized carbons (Fsp3) is 0.368. The van der Waals surface area contributed by atoms with Gasteiger partial charge < -0.3 is 14.9 Å². The van der Waals surface area contributed by atoms with Gasteiger partial charge in [0.05, 0.1) is 24.2 Å². The molecule has 146 valence electrons. The van der Waals surface area contributed by atoms with Gasteiger partial charge in [-0.1, -0.05) is 12.1 Å². The van der Waals surface area contributed by atoms with Crippen molar-refractivity contribution in [3.8, 4) is 0 Å². The van der Waals surface area contributed by atoms with Crippen LogP contribution in [0.3, 0.4) is 0 Å². The van der Waals surface area contributed by atoms with Crippen molar-refractivity contribution in [2.24, 2.45) is 0 Å². The van der Waals surface area contributed by atoms with E-state index >= 15 is 0 Å². The topological polar surface area (TPSA) is 121 Å². The lowest BCUT2D eigenvalue weighted by Crippen LogP contribution is -2.31. The number of amides is 2. The maximum atomic E-state index is 10.8. The summed E-state index contributed by atoms with van der Waals surface area (Å²) in [5, 5.41) is 17.0. The van der Waals surface area contributed by atoms with Crippen LogP contribution in [0.5, 0.6) is 0 Å². The van der Waals surface area contributed by atoms with Crippen molar-refractivity contribution in [2.45, 2.75) is 39.4 Å². The number of aliphatic carboxylic acids is 1. The molecule has 1 aliphatic heterocycles. The Labute approximate surface area is 157 Å². The summed E-state index contributed by atoms with van der Waals surface area (Å²) in [6, 6.07) is 6.72. The molecule has 1 heterocycles. The molecule has 2 amide bonds. The number of hydrogen-bond donors (Lipinski definition) is 2. The van der Waals surface area contributed by atoms with Crippen LogP contribution < -0.4 is 0 Å². The number of imide groups is 1. The van der Waals surface area contributed by atoms with Crippen molar-refractivity contribution in [1.29, 1.82) is 0 Å². The second-order valence-corrected chi connectivity index (χ2v) is 6.71. The van der Waals surface area contributed by atoms with Gasteiger partial charge in [-0.2, -0.15) is 0 Å². The normalized spacial score (nSPS) is 13.4. The van der Waals surface area contributed by atoms with Gasteiger partial charge in [0.1, 0.15) is 0 Å². The van der Waals surface area contributed by atoms with Crippen LogP contribution in [0.15, 0.2) is 36.4 Å². The average Bonchev–Trinajstić information content (AvgIpc) is 2.89.